The standard InChI is InChI=1S/C21H22N2O/c1-2-9-19(17-11-4-3-5-12-17)22-21(24)23-20-15-8-13-16-10-6-7-14-18(16)20/h3-8,10-15,19H,2,9H2,1H3,(H2,22,23,24). The fraction of sp³-hybridized carbons (Fsp3) is 0.190. The fourth-order valence-corrected chi connectivity index (χ4v) is 2.95. The quantitative estimate of drug-likeness (QED) is 0.640. The molecule has 0 aromatic heterocycles. The van der Waals surface area contributed by atoms with Crippen LogP contribution in [-0.2, 0) is 0 Å². The predicted molar refractivity (Wildman–Crippen MR) is 100 cm³/mol. The predicted octanol–water partition coefficient (Wildman–Crippen LogP) is 5.50. The lowest BCUT2D eigenvalue weighted by atomic mass is 10.0. The molecule has 2 amide bonds. The lowest BCUT2D eigenvalue weighted by molar-refractivity contribution is 0.248. The third-order valence-corrected chi connectivity index (χ3v) is 4.12. The van der Waals surface area contributed by atoms with Crippen molar-refractivity contribution in [2.24, 2.45) is 0 Å². The van der Waals surface area contributed by atoms with Crippen molar-refractivity contribution in [1.82, 2.24) is 5.32 Å². The van der Waals surface area contributed by atoms with Gasteiger partial charge < -0.3 is 10.6 Å². The van der Waals surface area contributed by atoms with Crippen LogP contribution in [-0.4, -0.2) is 6.03 Å². The Labute approximate surface area is 142 Å². The van der Waals surface area contributed by atoms with E-state index in [1.165, 1.54) is 0 Å². The number of urea groups is 1. The van der Waals surface area contributed by atoms with E-state index >= 15 is 0 Å². The van der Waals surface area contributed by atoms with Gasteiger partial charge >= 0.3 is 6.03 Å². The summed E-state index contributed by atoms with van der Waals surface area (Å²) >= 11 is 0. The highest BCUT2D eigenvalue weighted by molar-refractivity contribution is 6.01. The molecule has 24 heavy (non-hydrogen) atoms. The molecule has 0 aliphatic heterocycles. The molecule has 2 N–H and O–H groups in total. The number of rotatable bonds is 5. The molecule has 0 radical (unpaired) electrons. The summed E-state index contributed by atoms with van der Waals surface area (Å²) in [6.45, 7) is 2.13. The Morgan fingerprint density at radius 2 is 1.62 bits per heavy atom. The van der Waals surface area contributed by atoms with Crippen molar-refractivity contribution in [3.63, 3.8) is 0 Å². The minimum absolute atomic E-state index is 0.0196. The van der Waals surface area contributed by atoms with E-state index in [0.717, 1.165) is 34.9 Å². The van der Waals surface area contributed by atoms with Crippen LogP contribution in [0.3, 0.4) is 0 Å². The van der Waals surface area contributed by atoms with Gasteiger partial charge in [0.05, 0.1) is 11.7 Å². The van der Waals surface area contributed by atoms with E-state index in [4.69, 9.17) is 0 Å². The molecular weight excluding hydrogens is 296 g/mol. The van der Waals surface area contributed by atoms with Crippen LogP contribution in [0.5, 0.6) is 0 Å². The van der Waals surface area contributed by atoms with E-state index < -0.39 is 0 Å². The second kappa shape index (κ2) is 7.64. The van der Waals surface area contributed by atoms with E-state index in [2.05, 4.69) is 29.7 Å². The Kier molecular flexibility index (Phi) is 5.12. The van der Waals surface area contributed by atoms with Crippen LogP contribution in [0.1, 0.15) is 31.4 Å². The van der Waals surface area contributed by atoms with Crippen molar-refractivity contribution in [2.45, 2.75) is 25.8 Å². The summed E-state index contributed by atoms with van der Waals surface area (Å²) in [6, 6.07) is 23.9. The number of nitrogens with one attached hydrogen (secondary N) is 2. The Morgan fingerprint density at radius 1 is 0.917 bits per heavy atom. The fourth-order valence-electron chi connectivity index (χ4n) is 2.95. The van der Waals surface area contributed by atoms with Gasteiger partial charge in [-0.05, 0) is 23.4 Å². The zero-order chi connectivity index (χ0) is 16.8. The molecule has 3 aromatic rings. The highest BCUT2D eigenvalue weighted by Gasteiger charge is 2.14. The average molecular weight is 318 g/mol. The zero-order valence-electron chi connectivity index (χ0n) is 13.8. The Balaban J connectivity index is 1.76. The molecule has 3 heteroatoms. The number of carbonyl (C=O) groups is 1. The summed E-state index contributed by atoms with van der Waals surface area (Å²) in [7, 11) is 0. The lowest BCUT2D eigenvalue weighted by Crippen LogP contribution is -2.32. The third kappa shape index (κ3) is 3.74. The van der Waals surface area contributed by atoms with E-state index in [9.17, 15) is 4.79 Å². The molecule has 122 valence electrons. The van der Waals surface area contributed by atoms with Gasteiger partial charge in [-0.3, -0.25) is 0 Å². The maximum Gasteiger partial charge on any atom is 0.319 e. The van der Waals surface area contributed by atoms with Crippen LogP contribution < -0.4 is 10.6 Å². The molecule has 1 unspecified atom stereocenters. The summed E-state index contributed by atoms with van der Waals surface area (Å²) in [5.74, 6) is 0. The van der Waals surface area contributed by atoms with Crippen LogP contribution in [0.15, 0.2) is 72.8 Å². The van der Waals surface area contributed by atoms with Crippen molar-refractivity contribution in [3.8, 4) is 0 Å². The van der Waals surface area contributed by atoms with Gasteiger partial charge in [-0.15, -0.1) is 0 Å². The topological polar surface area (TPSA) is 41.1 Å². The molecule has 0 aliphatic carbocycles. The largest absolute Gasteiger partial charge is 0.331 e. The van der Waals surface area contributed by atoms with Gasteiger partial charge in [-0.2, -0.15) is 0 Å². The first kappa shape index (κ1) is 16.1. The summed E-state index contributed by atoms with van der Waals surface area (Å²) in [4.78, 5) is 12.5. The van der Waals surface area contributed by atoms with Crippen LogP contribution >= 0.6 is 0 Å². The van der Waals surface area contributed by atoms with Crippen molar-refractivity contribution in [1.29, 1.82) is 0 Å². The summed E-state index contributed by atoms with van der Waals surface area (Å²) in [6.07, 6.45) is 1.92. The molecule has 3 aromatic carbocycles. The average Bonchev–Trinajstić information content (AvgIpc) is 2.62. The third-order valence-electron chi connectivity index (χ3n) is 4.12. The highest BCUT2D eigenvalue weighted by atomic mass is 16.2. The molecule has 0 spiro atoms. The zero-order valence-corrected chi connectivity index (χ0v) is 13.8. The summed E-state index contributed by atoms with van der Waals surface area (Å²) in [5.41, 5.74) is 1.96. The molecular formula is C21H22N2O. The van der Waals surface area contributed by atoms with Crippen LogP contribution in [0, 0.1) is 0 Å². The summed E-state index contributed by atoms with van der Waals surface area (Å²) < 4.78 is 0. The minimum Gasteiger partial charge on any atom is -0.331 e. The van der Waals surface area contributed by atoms with Gasteiger partial charge in [-0.1, -0.05) is 80.1 Å². The smallest absolute Gasteiger partial charge is 0.319 e. The number of hydrogen-bond acceptors (Lipinski definition) is 1. The maximum atomic E-state index is 12.5. The van der Waals surface area contributed by atoms with Gasteiger partial charge in [0.15, 0.2) is 0 Å². The first-order valence-corrected chi connectivity index (χ1v) is 8.38. The number of fused-ring (bicyclic) bond motifs is 1. The Bertz CT molecular complexity index is 809. The van der Waals surface area contributed by atoms with Gasteiger partial charge in [0.2, 0.25) is 0 Å². The molecule has 0 aliphatic rings. The van der Waals surface area contributed by atoms with E-state index in [0.29, 0.717) is 0 Å². The number of hydrogen-bond donors (Lipinski definition) is 2. The number of carbonyl (C=O) groups excluding carboxylic acids is 1. The number of amides is 2. The molecule has 3 rings (SSSR count). The first-order valence-electron chi connectivity index (χ1n) is 8.38. The molecule has 1 atom stereocenters. The minimum atomic E-state index is -0.173. The van der Waals surface area contributed by atoms with E-state index in [1.807, 2.05) is 60.7 Å². The summed E-state index contributed by atoms with van der Waals surface area (Å²) in [5, 5.41) is 8.25. The maximum absolute atomic E-state index is 12.5. The first-order chi connectivity index (χ1) is 11.8. The van der Waals surface area contributed by atoms with Crippen LogP contribution in [0.2, 0.25) is 0 Å². The van der Waals surface area contributed by atoms with Gasteiger partial charge in [-0.25, -0.2) is 4.79 Å². The molecule has 0 saturated carbocycles. The van der Waals surface area contributed by atoms with Crippen LogP contribution in [0.4, 0.5) is 10.5 Å². The molecule has 0 heterocycles. The van der Waals surface area contributed by atoms with Gasteiger partial charge in [0.1, 0.15) is 0 Å². The van der Waals surface area contributed by atoms with Crippen molar-refractivity contribution < 1.29 is 4.79 Å². The van der Waals surface area contributed by atoms with Crippen LogP contribution in [0.25, 0.3) is 10.8 Å². The SMILES string of the molecule is CCCC(NC(=O)Nc1cccc2ccccc12)c1ccccc1. The second-order valence-electron chi connectivity index (χ2n) is 5.88. The monoisotopic (exact) mass is 318 g/mol. The van der Waals surface area contributed by atoms with E-state index in [1.54, 1.807) is 0 Å². The second-order valence-corrected chi connectivity index (χ2v) is 5.88. The highest BCUT2D eigenvalue weighted by Crippen LogP contribution is 2.23. The number of benzene rings is 3. The Hall–Kier alpha value is -2.81. The van der Waals surface area contributed by atoms with Gasteiger partial charge in [0.25, 0.3) is 0 Å². The number of anilines is 1. The Morgan fingerprint density at radius 3 is 2.42 bits per heavy atom. The molecule has 0 fully saturated rings. The lowest BCUT2D eigenvalue weighted by Gasteiger charge is -2.19. The molecule has 0 bridgehead atoms. The molecule has 3 nitrogen and oxygen atoms in total. The van der Waals surface area contributed by atoms with Crippen molar-refractivity contribution in [3.05, 3.63) is 78.4 Å². The van der Waals surface area contributed by atoms with E-state index in [-0.39, 0.29) is 12.1 Å². The van der Waals surface area contributed by atoms with Crippen molar-refractivity contribution >= 4 is 22.5 Å². The normalized spacial score (nSPS) is 11.9. The van der Waals surface area contributed by atoms with Crippen molar-refractivity contribution in [2.75, 3.05) is 5.32 Å². The van der Waals surface area contributed by atoms with Gasteiger partial charge in [0, 0.05) is 5.39 Å². The molecule has 0 saturated heterocycles.